The number of nitrogens with zero attached hydrogens (tertiary/aromatic N) is 1. The Kier molecular flexibility index (Phi) is 6.86. The average molecular weight is 465 g/mol. The lowest BCUT2D eigenvalue weighted by molar-refractivity contribution is -0.348. The Hall–Kier alpha value is -3.18. The van der Waals surface area contributed by atoms with Crippen molar-refractivity contribution in [2.75, 3.05) is 5.32 Å². The van der Waals surface area contributed by atoms with Gasteiger partial charge in [-0.05, 0) is 38.5 Å². The Bertz CT molecular complexity index is 1000. The molecular weight excluding hydrogens is 447 g/mol. The van der Waals surface area contributed by atoms with Gasteiger partial charge in [0.05, 0.1) is 11.1 Å². The van der Waals surface area contributed by atoms with Crippen LogP contribution in [0.5, 0.6) is 0 Å². The number of aryl methyl sites for hydroxylation is 1. The molecule has 0 radical (unpaired) electrons. The summed E-state index contributed by atoms with van der Waals surface area (Å²) < 4.78 is 91.9. The summed E-state index contributed by atoms with van der Waals surface area (Å²) >= 11 is 0. The third-order valence-electron chi connectivity index (χ3n) is 4.38. The minimum absolute atomic E-state index is 0.0927. The highest BCUT2D eigenvalue weighted by Crippen LogP contribution is 2.53. The SMILES string of the molecule is Cc1cc(C(F)(C(F)(F)F)C(F)(F)F)ccc1NC(=O)c1ccncc1C(=O)NC(C)C. The maximum absolute atomic E-state index is 14.2. The first-order chi connectivity index (χ1) is 14.6. The number of hydrogen-bond acceptors (Lipinski definition) is 3. The summed E-state index contributed by atoms with van der Waals surface area (Å²) in [4.78, 5) is 28.7. The molecule has 1 heterocycles. The van der Waals surface area contributed by atoms with Crippen molar-refractivity contribution in [3.63, 3.8) is 0 Å². The van der Waals surface area contributed by atoms with Gasteiger partial charge in [0, 0.05) is 29.7 Å². The number of rotatable bonds is 5. The number of amides is 2. The molecule has 2 aromatic rings. The molecule has 174 valence electrons. The third-order valence-corrected chi connectivity index (χ3v) is 4.38. The fourth-order valence-corrected chi connectivity index (χ4v) is 2.81. The van der Waals surface area contributed by atoms with Gasteiger partial charge in [0.1, 0.15) is 0 Å². The molecule has 32 heavy (non-hydrogen) atoms. The second kappa shape index (κ2) is 8.75. The van der Waals surface area contributed by atoms with Gasteiger partial charge >= 0.3 is 18.0 Å². The van der Waals surface area contributed by atoms with E-state index in [9.17, 15) is 40.3 Å². The Morgan fingerprint density at radius 3 is 2.00 bits per heavy atom. The number of alkyl halides is 7. The largest absolute Gasteiger partial charge is 0.435 e. The van der Waals surface area contributed by atoms with Gasteiger partial charge in [-0.15, -0.1) is 0 Å². The van der Waals surface area contributed by atoms with E-state index >= 15 is 0 Å². The van der Waals surface area contributed by atoms with Crippen molar-refractivity contribution in [2.24, 2.45) is 0 Å². The lowest BCUT2D eigenvalue weighted by atomic mass is 9.92. The monoisotopic (exact) mass is 465 g/mol. The van der Waals surface area contributed by atoms with Gasteiger partial charge < -0.3 is 10.6 Å². The zero-order valence-electron chi connectivity index (χ0n) is 17.0. The summed E-state index contributed by atoms with van der Waals surface area (Å²) in [5.41, 5.74) is -7.91. The predicted octanol–water partition coefficient (Wildman–Crippen LogP) is 5.07. The van der Waals surface area contributed by atoms with Gasteiger partial charge in [0.25, 0.3) is 11.8 Å². The fraction of sp³-hybridized carbons (Fsp3) is 0.350. The molecule has 0 aliphatic rings. The molecule has 0 saturated carbocycles. The molecule has 5 nitrogen and oxygen atoms in total. The zero-order chi connectivity index (χ0) is 24.5. The van der Waals surface area contributed by atoms with E-state index in [0.29, 0.717) is 12.1 Å². The predicted molar refractivity (Wildman–Crippen MR) is 101 cm³/mol. The smallest absolute Gasteiger partial charge is 0.350 e. The molecule has 1 aromatic heterocycles. The number of aromatic nitrogens is 1. The first-order valence-corrected chi connectivity index (χ1v) is 9.09. The highest BCUT2D eigenvalue weighted by Gasteiger charge is 2.73. The van der Waals surface area contributed by atoms with Gasteiger partial charge in [-0.25, -0.2) is 4.39 Å². The highest BCUT2D eigenvalue weighted by molar-refractivity contribution is 6.12. The van der Waals surface area contributed by atoms with E-state index in [4.69, 9.17) is 0 Å². The fourth-order valence-electron chi connectivity index (χ4n) is 2.81. The summed E-state index contributed by atoms with van der Waals surface area (Å²) in [5, 5.41) is 4.87. The van der Waals surface area contributed by atoms with E-state index in [1.165, 1.54) is 12.3 Å². The number of hydrogen-bond donors (Lipinski definition) is 2. The van der Waals surface area contributed by atoms with Crippen molar-refractivity contribution in [3.05, 3.63) is 58.9 Å². The standard InChI is InChI=1S/C20H18F7N3O2/c1-10(2)29-17(32)14-9-28-7-6-13(14)16(31)30-15-5-4-12(8-11(15)3)18(21,19(22,23)24)20(25,26)27/h4-10H,1-3H3,(H,29,32)(H,30,31). The molecule has 12 heteroatoms. The summed E-state index contributed by atoms with van der Waals surface area (Å²) in [7, 11) is 0. The number of pyridine rings is 1. The minimum atomic E-state index is -6.25. The van der Waals surface area contributed by atoms with E-state index in [1.807, 2.05) is 0 Å². The molecular formula is C20H18F7N3O2. The van der Waals surface area contributed by atoms with Crippen LogP contribution in [0.2, 0.25) is 0 Å². The van der Waals surface area contributed by atoms with E-state index in [0.717, 1.165) is 19.2 Å². The lowest BCUT2D eigenvalue weighted by Gasteiger charge is -2.30. The Balaban J connectivity index is 2.39. The van der Waals surface area contributed by atoms with Gasteiger partial charge in [-0.3, -0.25) is 14.6 Å². The van der Waals surface area contributed by atoms with Gasteiger partial charge in [-0.1, -0.05) is 12.1 Å². The van der Waals surface area contributed by atoms with Crippen molar-refractivity contribution < 1.29 is 40.3 Å². The van der Waals surface area contributed by atoms with Crippen LogP contribution in [0.3, 0.4) is 0 Å². The highest BCUT2D eigenvalue weighted by atomic mass is 19.4. The van der Waals surface area contributed by atoms with Crippen LogP contribution >= 0.6 is 0 Å². The third kappa shape index (κ3) is 4.83. The number of nitrogens with one attached hydrogen (secondary N) is 2. The molecule has 1 aromatic carbocycles. The lowest BCUT2D eigenvalue weighted by Crippen LogP contribution is -2.50. The Morgan fingerprint density at radius 2 is 1.50 bits per heavy atom. The summed E-state index contributed by atoms with van der Waals surface area (Å²) in [5.74, 6) is -1.47. The molecule has 0 spiro atoms. The van der Waals surface area contributed by atoms with Crippen molar-refractivity contribution in [1.82, 2.24) is 10.3 Å². The molecule has 0 unspecified atom stereocenters. The van der Waals surface area contributed by atoms with Crippen LogP contribution in [-0.4, -0.2) is 35.2 Å². The number of halogens is 7. The number of anilines is 1. The average Bonchev–Trinajstić information content (AvgIpc) is 2.66. The molecule has 2 amide bonds. The number of carbonyl (C=O) groups excluding carboxylic acids is 2. The van der Waals surface area contributed by atoms with Crippen LogP contribution < -0.4 is 10.6 Å². The van der Waals surface area contributed by atoms with E-state index in [2.05, 4.69) is 15.6 Å². The normalized spacial score (nSPS) is 12.6. The van der Waals surface area contributed by atoms with Crippen molar-refractivity contribution >= 4 is 17.5 Å². The number of benzene rings is 1. The molecule has 0 bridgehead atoms. The van der Waals surface area contributed by atoms with Crippen molar-refractivity contribution in [2.45, 2.75) is 44.8 Å². The van der Waals surface area contributed by atoms with Crippen LogP contribution in [0, 0.1) is 6.92 Å². The molecule has 0 fully saturated rings. The first-order valence-electron chi connectivity index (χ1n) is 9.09. The van der Waals surface area contributed by atoms with Crippen molar-refractivity contribution in [1.29, 1.82) is 0 Å². The summed E-state index contributed by atoms with van der Waals surface area (Å²) in [6, 6.07) is 2.34. The van der Waals surface area contributed by atoms with Crippen LogP contribution in [0.25, 0.3) is 0 Å². The van der Waals surface area contributed by atoms with E-state index in [-0.39, 0.29) is 28.4 Å². The zero-order valence-corrected chi connectivity index (χ0v) is 17.0. The van der Waals surface area contributed by atoms with Crippen LogP contribution in [0.15, 0.2) is 36.7 Å². The minimum Gasteiger partial charge on any atom is -0.350 e. The molecule has 0 saturated heterocycles. The topological polar surface area (TPSA) is 71.1 Å². The van der Waals surface area contributed by atoms with Crippen LogP contribution in [-0.2, 0) is 5.67 Å². The number of carbonyl (C=O) groups is 2. The molecule has 0 aliphatic heterocycles. The second-order valence-electron chi connectivity index (χ2n) is 7.19. The first kappa shape index (κ1) is 25.1. The van der Waals surface area contributed by atoms with Gasteiger partial charge in [0.2, 0.25) is 0 Å². The maximum Gasteiger partial charge on any atom is 0.435 e. The van der Waals surface area contributed by atoms with Crippen molar-refractivity contribution in [3.8, 4) is 0 Å². The van der Waals surface area contributed by atoms with Gasteiger partial charge in [-0.2, -0.15) is 26.3 Å². The summed E-state index contributed by atoms with van der Waals surface area (Å²) in [6.07, 6.45) is -10.1. The van der Waals surface area contributed by atoms with Crippen LogP contribution in [0.1, 0.15) is 45.7 Å². The summed E-state index contributed by atoms with van der Waals surface area (Å²) in [6.45, 7) is 4.47. The van der Waals surface area contributed by atoms with Gasteiger partial charge in [0.15, 0.2) is 0 Å². The van der Waals surface area contributed by atoms with E-state index in [1.54, 1.807) is 13.8 Å². The van der Waals surface area contributed by atoms with E-state index < -0.39 is 35.4 Å². The van der Waals surface area contributed by atoms with Crippen LogP contribution in [0.4, 0.5) is 36.4 Å². The molecule has 2 N–H and O–H groups in total. The molecule has 2 rings (SSSR count). The maximum atomic E-state index is 14.2. The second-order valence-corrected chi connectivity index (χ2v) is 7.19. The quantitative estimate of drug-likeness (QED) is 0.606. The Labute approximate surface area is 178 Å². The Morgan fingerprint density at radius 1 is 0.906 bits per heavy atom. The molecule has 0 aliphatic carbocycles. The molecule has 0 atom stereocenters.